The summed E-state index contributed by atoms with van der Waals surface area (Å²) in [6, 6.07) is 12.3. The highest BCUT2D eigenvalue weighted by atomic mass is 35.5. The fourth-order valence-corrected chi connectivity index (χ4v) is 5.68. The number of aliphatic imine (C=N–C) groups is 1. The van der Waals surface area contributed by atoms with E-state index in [4.69, 9.17) is 26.1 Å². The molecule has 9 heteroatoms. The largest absolute Gasteiger partial charge is 0.497 e. The number of allylic oxidation sites excluding steroid dienone is 3. The smallest absolute Gasteiger partial charge is 0.326 e. The van der Waals surface area contributed by atoms with E-state index in [1.807, 2.05) is 56.3 Å². The Morgan fingerprint density at radius 1 is 1.18 bits per heavy atom. The number of hydrogen-bond donors (Lipinski definition) is 1. The molecule has 0 aromatic heterocycles. The Morgan fingerprint density at radius 2 is 1.95 bits per heavy atom. The summed E-state index contributed by atoms with van der Waals surface area (Å²) in [5.74, 6) is 1.56. The van der Waals surface area contributed by atoms with Gasteiger partial charge >= 0.3 is 6.03 Å². The van der Waals surface area contributed by atoms with Crippen LogP contribution < -0.4 is 14.8 Å². The molecule has 0 spiro atoms. The predicted octanol–water partition coefficient (Wildman–Crippen LogP) is 5.38. The Morgan fingerprint density at radius 3 is 2.62 bits per heavy atom. The van der Waals surface area contributed by atoms with Crippen LogP contribution in [-0.2, 0) is 4.79 Å². The van der Waals surface area contributed by atoms with Crippen LogP contribution in [0.1, 0.15) is 44.4 Å². The maximum atomic E-state index is 14.4. The number of piperazine rings is 1. The summed E-state index contributed by atoms with van der Waals surface area (Å²) in [7, 11) is 1.61. The number of amidine groups is 1. The zero-order valence-electron chi connectivity index (χ0n) is 23.3. The third-order valence-electron chi connectivity index (χ3n) is 7.37. The highest BCUT2D eigenvalue weighted by Crippen LogP contribution is 2.43. The lowest BCUT2D eigenvalue weighted by molar-refractivity contribution is -0.123. The number of carbonyl (C=O) groups excluding carboxylic acids is 2. The van der Waals surface area contributed by atoms with E-state index in [2.05, 4.69) is 30.5 Å². The third-order valence-corrected chi connectivity index (χ3v) is 7.62. The molecular formula is C31H35ClN4O4. The van der Waals surface area contributed by atoms with E-state index in [-0.39, 0.29) is 42.6 Å². The van der Waals surface area contributed by atoms with Gasteiger partial charge in [-0.25, -0.2) is 4.79 Å². The lowest BCUT2D eigenvalue weighted by atomic mass is 9.83. The number of rotatable bonds is 6. The number of nitrogens with one attached hydrogen (secondary N) is 1. The van der Waals surface area contributed by atoms with E-state index in [1.165, 1.54) is 5.57 Å². The van der Waals surface area contributed by atoms with Crippen LogP contribution in [-0.4, -0.2) is 66.5 Å². The van der Waals surface area contributed by atoms with Crippen molar-refractivity contribution in [3.63, 3.8) is 0 Å². The highest BCUT2D eigenvalue weighted by Gasteiger charge is 2.47. The summed E-state index contributed by atoms with van der Waals surface area (Å²) in [5.41, 5.74) is 2.88. The molecule has 0 radical (unpaired) electrons. The van der Waals surface area contributed by atoms with Gasteiger partial charge in [0.1, 0.15) is 23.9 Å². The molecule has 2 heterocycles. The molecule has 40 heavy (non-hydrogen) atoms. The maximum absolute atomic E-state index is 14.4. The number of ether oxygens (including phenoxy) is 2. The first-order valence-corrected chi connectivity index (χ1v) is 14.0. The van der Waals surface area contributed by atoms with Crippen molar-refractivity contribution in [2.75, 3.05) is 26.7 Å². The standard InChI is InChI=1S/C31H35ClN4O4/c1-19(2)40-26-17-24(39-4)12-13-25(26)30-34-28(21-8-10-23(32)11-9-21)29(22-7-5-6-20(3)16-22)36(30)31(38)35-15-14-33-27(37)18-35/h5-13,17,19,22,28-29H,14-16,18H2,1-4H3,(H,33,37)/t22?,28-,29+/m1/s1. The van der Waals surface area contributed by atoms with E-state index in [1.54, 1.807) is 16.9 Å². The molecule has 210 valence electrons. The SMILES string of the molecule is COc1ccc(C2=N[C@H](c3ccc(Cl)cc3)[C@H](C3C=CC=C(C)C3)N2C(=O)N2CCNC(=O)C2)c(OC(C)C)c1. The van der Waals surface area contributed by atoms with E-state index in [0.29, 0.717) is 41.0 Å². The average Bonchev–Trinajstić information content (AvgIpc) is 3.33. The van der Waals surface area contributed by atoms with Crippen molar-refractivity contribution in [2.45, 2.75) is 45.4 Å². The van der Waals surface area contributed by atoms with Gasteiger partial charge in [0.05, 0.1) is 30.9 Å². The van der Waals surface area contributed by atoms with Gasteiger partial charge in [-0.1, -0.05) is 47.5 Å². The van der Waals surface area contributed by atoms with E-state index < -0.39 is 0 Å². The van der Waals surface area contributed by atoms with Crippen molar-refractivity contribution in [1.82, 2.24) is 15.1 Å². The van der Waals surface area contributed by atoms with Gasteiger partial charge in [0.25, 0.3) is 0 Å². The van der Waals surface area contributed by atoms with Crippen molar-refractivity contribution in [2.24, 2.45) is 10.9 Å². The average molecular weight is 563 g/mol. The number of urea groups is 1. The molecule has 3 atom stereocenters. The first-order valence-electron chi connectivity index (χ1n) is 13.6. The van der Waals surface area contributed by atoms with Gasteiger partial charge in [-0.05, 0) is 57.0 Å². The van der Waals surface area contributed by atoms with E-state index in [9.17, 15) is 9.59 Å². The van der Waals surface area contributed by atoms with Crippen molar-refractivity contribution < 1.29 is 19.1 Å². The van der Waals surface area contributed by atoms with Crippen molar-refractivity contribution in [3.8, 4) is 11.5 Å². The summed E-state index contributed by atoms with van der Waals surface area (Å²) in [4.78, 5) is 35.4. The van der Waals surface area contributed by atoms with Crippen LogP contribution in [0.3, 0.4) is 0 Å². The first kappa shape index (κ1) is 27.8. The summed E-state index contributed by atoms with van der Waals surface area (Å²) in [6.45, 7) is 6.84. The van der Waals surface area contributed by atoms with Gasteiger partial charge in [0.15, 0.2) is 0 Å². The highest BCUT2D eigenvalue weighted by molar-refractivity contribution is 6.30. The number of nitrogens with zero attached hydrogens (tertiary/aromatic N) is 3. The zero-order valence-corrected chi connectivity index (χ0v) is 24.0. The molecular weight excluding hydrogens is 528 g/mol. The minimum Gasteiger partial charge on any atom is -0.497 e. The lowest BCUT2D eigenvalue weighted by Gasteiger charge is -2.38. The molecule has 3 amide bonds. The molecule has 0 saturated carbocycles. The van der Waals surface area contributed by atoms with Gasteiger partial charge < -0.3 is 19.7 Å². The summed E-state index contributed by atoms with van der Waals surface area (Å²) < 4.78 is 11.7. The molecule has 0 bridgehead atoms. The second-order valence-corrected chi connectivity index (χ2v) is 11.1. The Bertz CT molecular complexity index is 1370. The number of benzene rings is 2. The molecule has 1 N–H and O–H groups in total. The molecule has 1 fully saturated rings. The second-order valence-electron chi connectivity index (χ2n) is 10.7. The third kappa shape index (κ3) is 5.72. The first-order chi connectivity index (χ1) is 19.2. The molecule has 1 saturated heterocycles. The summed E-state index contributed by atoms with van der Waals surface area (Å²) in [5, 5.41) is 3.45. The van der Waals surface area contributed by atoms with Crippen molar-refractivity contribution >= 4 is 29.4 Å². The number of methoxy groups -OCH3 is 1. The molecule has 5 rings (SSSR count). The lowest BCUT2D eigenvalue weighted by Crippen LogP contribution is -2.57. The van der Waals surface area contributed by atoms with Gasteiger partial charge in [-0.15, -0.1) is 0 Å². The summed E-state index contributed by atoms with van der Waals surface area (Å²) >= 11 is 6.25. The Balaban J connectivity index is 1.68. The Labute approximate surface area is 240 Å². The van der Waals surface area contributed by atoms with Crippen LogP contribution in [0.2, 0.25) is 5.02 Å². The quantitative estimate of drug-likeness (QED) is 0.512. The number of halogens is 1. The van der Waals surface area contributed by atoms with Gasteiger partial charge in [-0.3, -0.25) is 14.7 Å². The molecule has 2 aliphatic heterocycles. The predicted molar refractivity (Wildman–Crippen MR) is 156 cm³/mol. The molecule has 3 aliphatic rings. The van der Waals surface area contributed by atoms with Gasteiger partial charge in [-0.2, -0.15) is 0 Å². The Kier molecular flexibility index (Phi) is 8.17. The molecule has 8 nitrogen and oxygen atoms in total. The molecule has 2 aromatic carbocycles. The fraction of sp³-hybridized carbons (Fsp3) is 0.387. The van der Waals surface area contributed by atoms with Crippen LogP contribution in [0.25, 0.3) is 0 Å². The van der Waals surface area contributed by atoms with Crippen molar-refractivity contribution in [1.29, 1.82) is 0 Å². The minimum absolute atomic E-state index is 0.00164. The van der Waals surface area contributed by atoms with Crippen LogP contribution in [0, 0.1) is 5.92 Å². The second kappa shape index (κ2) is 11.8. The molecule has 2 aromatic rings. The fourth-order valence-electron chi connectivity index (χ4n) is 5.55. The monoisotopic (exact) mass is 562 g/mol. The number of carbonyl (C=O) groups is 2. The van der Waals surface area contributed by atoms with Gasteiger partial charge in [0, 0.05) is 30.1 Å². The van der Waals surface area contributed by atoms with Crippen LogP contribution >= 0.6 is 11.6 Å². The van der Waals surface area contributed by atoms with E-state index in [0.717, 1.165) is 12.0 Å². The van der Waals surface area contributed by atoms with E-state index >= 15 is 0 Å². The van der Waals surface area contributed by atoms with Crippen LogP contribution in [0.5, 0.6) is 11.5 Å². The Hall–Kier alpha value is -3.78. The summed E-state index contributed by atoms with van der Waals surface area (Å²) in [6.07, 6.45) is 6.99. The maximum Gasteiger partial charge on any atom is 0.326 e. The zero-order chi connectivity index (χ0) is 28.4. The minimum atomic E-state index is -0.357. The number of amides is 3. The molecule has 1 unspecified atom stereocenters. The van der Waals surface area contributed by atoms with Crippen molar-refractivity contribution in [3.05, 3.63) is 82.4 Å². The van der Waals surface area contributed by atoms with Crippen LogP contribution in [0.4, 0.5) is 4.79 Å². The molecule has 1 aliphatic carbocycles. The van der Waals surface area contributed by atoms with Gasteiger partial charge in [0.2, 0.25) is 5.91 Å². The van der Waals surface area contributed by atoms with Crippen LogP contribution in [0.15, 0.2) is 71.3 Å². The topological polar surface area (TPSA) is 83.5 Å². The number of hydrogen-bond acceptors (Lipinski definition) is 5. The normalized spacial score (nSPS) is 22.6.